The fraction of sp³-hybridized carbons (Fsp3) is 0.789. The number of hydrogen-bond acceptors (Lipinski definition) is 6. The van der Waals surface area contributed by atoms with Gasteiger partial charge in [-0.15, -0.1) is 11.3 Å². The van der Waals surface area contributed by atoms with Crippen LogP contribution in [0.15, 0.2) is 10.4 Å². The fourth-order valence-corrected chi connectivity index (χ4v) is 5.19. The van der Waals surface area contributed by atoms with E-state index in [1.165, 1.54) is 5.01 Å². The number of thiazole rings is 1. The standard InChI is InChI=1S/C19H35N5O3S2/c1-15(2)18-22-17(14-28-18)6-7-21-19(20-5)23-8-10-24(11-9-23)29(25,26)13-12-27-16(3)4/h14-16H,6-13H2,1-5H3,(H,20,21). The summed E-state index contributed by atoms with van der Waals surface area (Å²) in [7, 11) is -1.52. The average molecular weight is 446 g/mol. The lowest BCUT2D eigenvalue weighted by molar-refractivity contribution is 0.0904. The number of sulfonamides is 1. The van der Waals surface area contributed by atoms with Crippen LogP contribution in [0, 0.1) is 0 Å². The molecule has 0 radical (unpaired) electrons. The summed E-state index contributed by atoms with van der Waals surface area (Å²) >= 11 is 1.71. The Labute approximate surface area is 179 Å². The van der Waals surface area contributed by atoms with Crippen LogP contribution in [0.25, 0.3) is 0 Å². The molecule has 0 saturated carbocycles. The Hall–Kier alpha value is -1.23. The molecule has 8 nitrogen and oxygen atoms in total. The normalized spacial score (nSPS) is 16.8. The van der Waals surface area contributed by atoms with Gasteiger partial charge in [-0.05, 0) is 13.8 Å². The summed E-state index contributed by atoms with van der Waals surface area (Å²) in [5, 5.41) is 6.66. The molecule has 1 fully saturated rings. The van der Waals surface area contributed by atoms with Crippen molar-refractivity contribution in [3.63, 3.8) is 0 Å². The zero-order chi connectivity index (χ0) is 21.4. The van der Waals surface area contributed by atoms with Crippen molar-refractivity contribution in [3.05, 3.63) is 16.1 Å². The molecule has 0 atom stereocenters. The summed E-state index contributed by atoms with van der Waals surface area (Å²) in [4.78, 5) is 11.1. The van der Waals surface area contributed by atoms with Gasteiger partial charge in [0.1, 0.15) is 0 Å². The van der Waals surface area contributed by atoms with Crippen molar-refractivity contribution >= 4 is 27.3 Å². The summed E-state index contributed by atoms with van der Waals surface area (Å²) in [6, 6.07) is 0. The maximum atomic E-state index is 12.5. The van der Waals surface area contributed by atoms with E-state index in [0.29, 0.717) is 32.1 Å². The van der Waals surface area contributed by atoms with E-state index in [0.717, 1.165) is 24.6 Å². The molecule has 0 aliphatic carbocycles. The van der Waals surface area contributed by atoms with Gasteiger partial charge in [0.15, 0.2) is 5.96 Å². The van der Waals surface area contributed by atoms with E-state index < -0.39 is 10.0 Å². The van der Waals surface area contributed by atoms with E-state index in [4.69, 9.17) is 4.74 Å². The SMILES string of the molecule is CN=C(NCCc1csc(C(C)C)n1)N1CCN(S(=O)(=O)CCOC(C)C)CC1. The Bertz CT molecular complexity index is 754. The lowest BCUT2D eigenvalue weighted by Crippen LogP contribution is -2.54. The predicted molar refractivity (Wildman–Crippen MR) is 119 cm³/mol. The highest BCUT2D eigenvalue weighted by Gasteiger charge is 2.28. The molecule has 0 amide bonds. The molecule has 0 bridgehead atoms. The number of rotatable bonds is 9. The van der Waals surface area contributed by atoms with Gasteiger partial charge in [-0.1, -0.05) is 13.8 Å². The molecular weight excluding hydrogens is 410 g/mol. The largest absolute Gasteiger partial charge is 0.378 e. The Morgan fingerprint density at radius 1 is 1.28 bits per heavy atom. The van der Waals surface area contributed by atoms with Gasteiger partial charge in [-0.3, -0.25) is 4.99 Å². The van der Waals surface area contributed by atoms with Crippen molar-refractivity contribution in [3.8, 4) is 0 Å². The van der Waals surface area contributed by atoms with Gasteiger partial charge in [0.05, 0.1) is 29.2 Å². The van der Waals surface area contributed by atoms with Crippen molar-refractivity contribution in [2.75, 3.05) is 52.1 Å². The molecule has 2 rings (SSSR count). The molecule has 1 aromatic heterocycles. The maximum Gasteiger partial charge on any atom is 0.216 e. The molecule has 1 saturated heterocycles. The minimum absolute atomic E-state index is 0.0319. The first kappa shape index (κ1) is 24.0. The summed E-state index contributed by atoms with van der Waals surface area (Å²) in [5.74, 6) is 1.30. The first-order valence-corrected chi connectivity index (χ1v) is 12.7. The molecule has 10 heteroatoms. The van der Waals surface area contributed by atoms with Crippen LogP contribution in [0.2, 0.25) is 0 Å². The number of aromatic nitrogens is 1. The van der Waals surface area contributed by atoms with Crippen molar-refractivity contribution in [2.24, 2.45) is 4.99 Å². The highest BCUT2D eigenvalue weighted by molar-refractivity contribution is 7.89. The second-order valence-electron chi connectivity index (χ2n) is 7.68. The summed E-state index contributed by atoms with van der Waals surface area (Å²) in [6.45, 7) is 11.3. The molecule has 0 spiro atoms. The van der Waals surface area contributed by atoms with Gasteiger partial charge < -0.3 is 15.0 Å². The number of guanidine groups is 1. The first-order chi connectivity index (χ1) is 13.7. The van der Waals surface area contributed by atoms with Gasteiger partial charge in [0, 0.05) is 57.5 Å². The summed E-state index contributed by atoms with van der Waals surface area (Å²) in [6.07, 6.45) is 0.879. The van der Waals surface area contributed by atoms with Gasteiger partial charge in [-0.25, -0.2) is 13.4 Å². The molecule has 0 aromatic carbocycles. The Morgan fingerprint density at radius 3 is 2.52 bits per heavy atom. The summed E-state index contributed by atoms with van der Waals surface area (Å²) in [5.41, 5.74) is 1.10. The molecule has 1 aliphatic rings. The zero-order valence-corrected chi connectivity index (χ0v) is 19.9. The molecule has 0 unspecified atom stereocenters. The number of nitrogens with one attached hydrogen (secondary N) is 1. The van der Waals surface area contributed by atoms with E-state index in [1.54, 1.807) is 22.7 Å². The third kappa shape index (κ3) is 7.51. The molecule has 166 valence electrons. The van der Waals surface area contributed by atoms with Crippen molar-refractivity contribution < 1.29 is 13.2 Å². The van der Waals surface area contributed by atoms with Gasteiger partial charge in [0.2, 0.25) is 10.0 Å². The van der Waals surface area contributed by atoms with Crippen molar-refractivity contribution in [2.45, 2.75) is 46.1 Å². The Balaban J connectivity index is 1.77. The van der Waals surface area contributed by atoms with Crippen molar-refractivity contribution in [1.82, 2.24) is 19.5 Å². The second kappa shape index (κ2) is 11.2. The quantitative estimate of drug-likeness (QED) is 0.460. The molecule has 29 heavy (non-hydrogen) atoms. The van der Waals surface area contributed by atoms with E-state index in [-0.39, 0.29) is 18.5 Å². The third-order valence-electron chi connectivity index (χ3n) is 4.66. The van der Waals surface area contributed by atoms with Gasteiger partial charge in [-0.2, -0.15) is 4.31 Å². The number of ether oxygens (including phenoxy) is 1. The number of hydrogen-bond donors (Lipinski definition) is 1. The highest BCUT2D eigenvalue weighted by Crippen LogP contribution is 2.19. The van der Waals surface area contributed by atoms with Crippen LogP contribution < -0.4 is 5.32 Å². The lowest BCUT2D eigenvalue weighted by atomic mass is 10.2. The topological polar surface area (TPSA) is 87.1 Å². The first-order valence-electron chi connectivity index (χ1n) is 10.2. The molecule has 2 heterocycles. The van der Waals surface area contributed by atoms with E-state index in [1.807, 2.05) is 13.8 Å². The predicted octanol–water partition coefficient (Wildman–Crippen LogP) is 1.76. The smallest absolute Gasteiger partial charge is 0.216 e. The van der Waals surface area contributed by atoms with Crippen LogP contribution in [-0.2, 0) is 21.2 Å². The van der Waals surface area contributed by atoms with Gasteiger partial charge in [0.25, 0.3) is 0 Å². The Morgan fingerprint density at radius 2 is 1.97 bits per heavy atom. The van der Waals surface area contributed by atoms with Crippen LogP contribution in [0.1, 0.15) is 44.3 Å². The van der Waals surface area contributed by atoms with E-state index in [9.17, 15) is 8.42 Å². The maximum absolute atomic E-state index is 12.5. The number of aliphatic imine (C=N–C) groups is 1. The van der Waals surface area contributed by atoms with Crippen molar-refractivity contribution in [1.29, 1.82) is 0 Å². The number of nitrogens with zero attached hydrogens (tertiary/aromatic N) is 4. The average Bonchev–Trinajstić information content (AvgIpc) is 3.14. The lowest BCUT2D eigenvalue weighted by Gasteiger charge is -2.35. The third-order valence-corrected chi connectivity index (χ3v) is 7.69. The molecule has 1 aromatic rings. The number of piperazine rings is 1. The highest BCUT2D eigenvalue weighted by atomic mass is 32.2. The van der Waals surface area contributed by atoms with Crippen LogP contribution in [0.4, 0.5) is 0 Å². The van der Waals surface area contributed by atoms with E-state index in [2.05, 4.69) is 39.4 Å². The molecular formula is C19H35N5O3S2. The van der Waals surface area contributed by atoms with Crippen LogP contribution in [-0.4, -0.2) is 86.8 Å². The zero-order valence-electron chi connectivity index (χ0n) is 18.2. The molecule has 1 N–H and O–H groups in total. The van der Waals surface area contributed by atoms with Crippen LogP contribution in [0.3, 0.4) is 0 Å². The Kier molecular flexibility index (Phi) is 9.32. The van der Waals surface area contributed by atoms with E-state index >= 15 is 0 Å². The minimum atomic E-state index is -3.28. The van der Waals surface area contributed by atoms with Gasteiger partial charge >= 0.3 is 0 Å². The second-order valence-corrected chi connectivity index (χ2v) is 10.7. The minimum Gasteiger partial charge on any atom is -0.378 e. The fourth-order valence-electron chi connectivity index (χ4n) is 3.03. The monoisotopic (exact) mass is 445 g/mol. The van der Waals surface area contributed by atoms with Crippen LogP contribution >= 0.6 is 11.3 Å². The van der Waals surface area contributed by atoms with Crippen LogP contribution in [0.5, 0.6) is 0 Å². The molecule has 1 aliphatic heterocycles. The summed E-state index contributed by atoms with van der Waals surface area (Å²) < 4.78 is 31.9.